The minimum atomic E-state index is 0.123. The molecule has 0 aromatic rings. The SMILES string of the molecule is CCC(C)NC(=O)CCC(C)OC. The number of carbonyl (C=O) groups excluding carboxylic acids is 1. The van der Waals surface area contributed by atoms with Crippen molar-refractivity contribution in [2.45, 2.75) is 52.2 Å². The zero-order valence-electron chi connectivity index (χ0n) is 9.09. The maximum absolute atomic E-state index is 11.3. The first-order valence-electron chi connectivity index (χ1n) is 4.92. The fourth-order valence-corrected chi connectivity index (χ4v) is 0.901. The van der Waals surface area contributed by atoms with Crippen molar-refractivity contribution in [3.63, 3.8) is 0 Å². The van der Waals surface area contributed by atoms with Crippen LogP contribution in [0.3, 0.4) is 0 Å². The molecule has 0 aliphatic heterocycles. The molecular weight excluding hydrogens is 166 g/mol. The van der Waals surface area contributed by atoms with Crippen molar-refractivity contribution in [3.05, 3.63) is 0 Å². The van der Waals surface area contributed by atoms with Crippen LogP contribution in [0.2, 0.25) is 0 Å². The van der Waals surface area contributed by atoms with Gasteiger partial charge in [-0.15, -0.1) is 0 Å². The van der Waals surface area contributed by atoms with Gasteiger partial charge in [0.05, 0.1) is 6.10 Å². The van der Waals surface area contributed by atoms with Gasteiger partial charge in [-0.1, -0.05) is 6.92 Å². The van der Waals surface area contributed by atoms with Crippen LogP contribution < -0.4 is 5.32 Å². The van der Waals surface area contributed by atoms with Crippen LogP contribution in [0.15, 0.2) is 0 Å². The molecule has 1 amide bonds. The molecule has 0 aliphatic carbocycles. The highest BCUT2D eigenvalue weighted by Gasteiger charge is 2.07. The Morgan fingerprint density at radius 1 is 1.46 bits per heavy atom. The standard InChI is InChI=1S/C10H21NO2/c1-5-8(2)11-10(12)7-6-9(3)13-4/h8-9H,5-7H2,1-4H3,(H,11,12). The van der Waals surface area contributed by atoms with Crippen LogP contribution in [-0.2, 0) is 9.53 Å². The van der Waals surface area contributed by atoms with Crippen LogP contribution in [0.5, 0.6) is 0 Å². The van der Waals surface area contributed by atoms with E-state index in [9.17, 15) is 4.79 Å². The second-order valence-corrected chi connectivity index (χ2v) is 3.46. The molecule has 0 heterocycles. The van der Waals surface area contributed by atoms with E-state index in [1.54, 1.807) is 7.11 Å². The Hall–Kier alpha value is -0.570. The number of methoxy groups -OCH3 is 1. The lowest BCUT2D eigenvalue weighted by atomic mass is 10.2. The summed E-state index contributed by atoms with van der Waals surface area (Å²) in [6.45, 7) is 6.04. The summed E-state index contributed by atoms with van der Waals surface area (Å²) in [5.41, 5.74) is 0. The molecule has 0 bridgehead atoms. The highest BCUT2D eigenvalue weighted by Crippen LogP contribution is 2.00. The Morgan fingerprint density at radius 3 is 2.54 bits per heavy atom. The van der Waals surface area contributed by atoms with E-state index in [0.29, 0.717) is 6.42 Å². The van der Waals surface area contributed by atoms with Crippen LogP contribution in [0.4, 0.5) is 0 Å². The highest BCUT2D eigenvalue weighted by molar-refractivity contribution is 5.76. The molecule has 13 heavy (non-hydrogen) atoms. The Bertz CT molecular complexity index is 148. The van der Waals surface area contributed by atoms with Gasteiger partial charge in [0.1, 0.15) is 0 Å². The van der Waals surface area contributed by atoms with Crippen molar-refractivity contribution in [2.24, 2.45) is 0 Å². The van der Waals surface area contributed by atoms with E-state index in [0.717, 1.165) is 12.8 Å². The molecular formula is C10H21NO2. The van der Waals surface area contributed by atoms with Gasteiger partial charge in [0.2, 0.25) is 5.91 Å². The molecule has 2 unspecified atom stereocenters. The highest BCUT2D eigenvalue weighted by atomic mass is 16.5. The lowest BCUT2D eigenvalue weighted by Gasteiger charge is -2.12. The summed E-state index contributed by atoms with van der Waals surface area (Å²) >= 11 is 0. The van der Waals surface area contributed by atoms with Crippen LogP contribution in [0.1, 0.15) is 40.0 Å². The number of hydrogen-bond donors (Lipinski definition) is 1. The van der Waals surface area contributed by atoms with Gasteiger partial charge in [-0.2, -0.15) is 0 Å². The van der Waals surface area contributed by atoms with Crippen molar-refractivity contribution in [1.82, 2.24) is 5.32 Å². The molecule has 0 saturated heterocycles. The molecule has 2 atom stereocenters. The van der Waals surface area contributed by atoms with Gasteiger partial charge in [0.15, 0.2) is 0 Å². The summed E-state index contributed by atoms with van der Waals surface area (Å²) in [6.07, 6.45) is 2.49. The Morgan fingerprint density at radius 2 is 2.08 bits per heavy atom. The Kier molecular flexibility index (Phi) is 6.59. The number of amides is 1. The second kappa shape index (κ2) is 6.89. The van der Waals surface area contributed by atoms with E-state index in [-0.39, 0.29) is 18.1 Å². The third-order valence-electron chi connectivity index (χ3n) is 2.20. The van der Waals surface area contributed by atoms with Crippen LogP contribution >= 0.6 is 0 Å². The zero-order valence-corrected chi connectivity index (χ0v) is 9.09. The molecule has 78 valence electrons. The third kappa shape index (κ3) is 6.58. The summed E-state index contributed by atoms with van der Waals surface area (Å²) < 4.78 is 5.05. The quantitative estimate of drug-likeness (QED) is 0.687. The maximum atomic E-state index is 11.3. The minimum Gasteiger partial charge on any atom is -0.382 e. The average molecular weight is 187 g/mol. The first kappa shape index (κ1) is 12.4. The normalized spacial score (nSPS) is 15.1. The zero-order chi connectivity index (χ0) is 10.3. The first-order chi connectivity index (χ1) is 6.10. The number of hydrogen-bond acceptors (Lipinski definition) is 2. The van der Waals surface area contributed by atoms with Gasteiger partial charge in [-0.05, 0) is 26.7 Å². The van der Waals surface area contributed by atoms with E-state index in [4.69, 9.17) is 4.74 Å². The smallest absolute Gasteiger partial charge is 0.220 e. The Balaban J connectivity index is 3.51. The number of carbonyl (C=O) groups is 1. The van der Waals surface area contributed by atoms with E-state index >= 15 is 0 Å². The largest absolute Gasteiger partial charge is 0.382 e. The summed E-state index contributed by atoms with van der Waals surface area (Å²) in [5.74, 6) is 0.123. The Labute approximate surface area is 80.8 Å². The number of ether oxygens (including phenoxy) is 1. The van der Waals surface area contributed by atoms with Gasteiger partial charge in [-0.3, -0.25) is 4.79 Å². The molecule has 0 aromatic carbocycles. The predicted molar refractivity (Wildman–Crippen MR) is 53.6 cm³/mol. The summed E-state index contributed by atoms with van der Waals surface area (Å²) in [5, 5.41) is 2.91. The predicted octanol–water partition coefficient (Wildman–Crippen LogP) is 1.72. The molecule has 3 nitrogen and oxygen atoms in total. The summed E-state index contributed by atoms with van der Waals surface area (Å²) in [4.78, 5) is 11.3. The fourth-order valence-electron chi connectivity index (χ4n) is 0.901. The monoisotopic (exact) mass is 187 g/mol. The second-order valence-electron chi connectivity index (χ2n) is 3.46. The van der Waals surface area contributed by atoms with Crippen molar-refractivity contribution in [1.29, 1.82) is 0 Å². The molecule has 0 aromatic heterocycles. The van der Waals surface area contributed by atoms with Gasteiger partial charge in [-0.25, -0.2) is 0 Å². The molecule has 1 N–H and O–H groups in total. The summed E-state index contributed by atoms with van der Waals surface area (Å²) in [7, 11) is 1.66. The number of rotatable bonds is 6. The van der Waals surface area contributed by atoms with E-state index in [2.05, 4.69) is 12.2 Å². The molecule has 0 radical (unpaired) electrons. The molecule has 0 spiro atoms. The lowest BCUT2D eigenvalue weighted by molar-refractivity contribution is -0.122. The van der Waals surface area contributed by atoms with Gasteiger partial charge in [0.25, 0.3) is 0 Å². The van der Waals surface area contributed by atoms with Crippen molar-refractivity contribution >= 4 is 5.91 Å². The average Bonchev–Trinajstić information content (AvgIpc) is 2.13. The molecule has 0 aliphatic rings. The van der Waals surface area contributed by atoms with Gasteiger partial charge in [0, 0.05) is 19.6 Å². The summed E-state index contributed by atoms with van der Waals surface area (Å²) in [6, 6.07) is 0.283. The van der Waals surface area contributed by atoms with Crippen LogP contribution in [-0.4, -0.2) is 25.2 Å². The van der Waals surface area contributed by atoms with Crippen molar-refractivity contribution in [2.75, 3.05) is 7.11 Å². The third-order valence-corrected chi connectivity index (χ3v) is 2.20. The van der Waals surface area contributed by atoms with Crippen LogP contribution in [0, 0.1) is 0 Å². The van der Waals surface area contributed by atoms with E-state index < -0.39 is 0 Å². The van der Waals surface area contributed by atoms with Crippen LogP contribution in [0.25, 0.3) is 0 Å². The molecule has 0 saturated carbocycles. The van der Waals surface area contributed by atoms with E-state index in [1.807, 2.05) is 13.8 Å². The molecule has 3 heteroatoms. The molecule has 0 fully saturated rings. The fraction of sp³-hybridized carbons (Fsp3) is 0.900. The van der Waals surface area contributed by atoms with Gasteiger partial charge < -0.3 is 10.1 Å². The molecule has 0 rings (SSSR count). The van der Waals surface area contributed by atoms with Gasteiger partial charge >= 0.3 is 0 Å². The van der Waals surface area contributed by atoms with Crippen molar-refractivity contribution < 1.29 is 9.53 Å². The maximum Gasteiger partial charge on any atom is 0.220 e. The van der Waals surface area contributed by atoms with Crippen molar-refractivity contribution in [3.8, 4) is 0 Å². The first-order valence-corrected chi connectivity index (χ1v) is 4.92. The number of nitrogens with one attached hydrogen (secondary N) is 1. The minimum absolute atomic E-state index is 0.123. The lowest BCUT2D eigenvalue weighted by Crippen LogP contribution is -2.32. The topological polar surface area (TPSA) is 38.3 Å². The van der Waals surface area contributed by atoms with E-state index in [1.165, 1.54) is 0 Å².